The summed E-state index contributed by atoms with van der Waals surface area (Å²) in [6, 6.07) is 20.4. The van der Waals surface area contributed by atoms with E-state index in [-0.39, 0.29) is 17.3 Å². The predicted octanol–water partition coefficient (Wildman–Crippen LogP) is 3.90. The van der Waals surface area contributed by atoms with Gasteiger partial charge in [-0.2, -0.15) is 0 Å². The summed E-state index contributed by atoms with van der Waals surface area (Å²) >= 11 is 6.12. The molecule has 36 heavy (non-hydrogen) atoms. The van der Waals surface area contributed by atoms with Crippen molar-refractivity contribution >= 4 is 38.9 Å². The number of anilines is 2. The fourth-order valence-corrected chi connectivity index (χ4v) is 5.74. The molecule has 1 saturated heterocycles. The van der Waals surface area contributed by atoms with Crippen LogP contribution in [0.3, 0.4) is 0 Å². The van der Waals surface area contributed by atoms with Crippen LogP contribution in [0.15, 0.2) is 77.7 Å². The number of hydrogen-bond donors (Lipinski definition) is 0. The van der Waals surface area contributed by atoms with Crippen LogP contribution in [0.5, 0.6) is 11.5 Å². The molecule has 0 spiro atoms. The van der Waals surface area contributed by atoms with Crippen molar-refractivity contribution in [1.29, 1.82) is 0 Å². The normalized spacial score (nSPS) is 13.9. The molecule has 0 N–H and O–H groups in total. The smallest absolute Gasteiger partial charge is 0.264 e. The molecule has 190 valence electrons. The van der Waals surface area contributed by atoms with Gasteiger partial charge in [-0.15, -0.1) is 0 Å². The number of nitrogens with zero attached hydrogens (tertiary/aromatic N) is 3. The van der Waals surface area contributed by atoms with Gasteiger partial charge in [-0.05, 0) is 42.5 Å². The molecule has 8 nitrogen and oxygen atoms in total. The molecule has 0 atom stereocenters. The number of carbonyl (C=O) groups excluding carboxylic acids is 1. The average molecular weight is 530 g/mol. The lowest BCUT2D eigenvalue weighted by Crippen LogP contribution is -2.52. The largest absolute Gasteiger partial charge is 0.493 e. The highest BCUT2D eigenvalue weighted by Gasteiger charge is 2.31. The van der Waals surface area contributed by atoms with E-state index < -0.39 is 10.0 Å². The Balaban J connectivity index is 1.57. The van der Waals surface area contributed by atoms with Crippen LogP contribution in [0.1, 0.15) is 0 Å². The van der Waals surface area contributed by atoms with Crippen molar-refractivity contribution in [3.63, 3.8) is 0 Å². The summed E-state index contributed by atoms with van der Waals surface area (Å²) < 4.78 is 39.1. The first-order valence-corrected chi connectivity index (χ1v) is 13.2. The van der Waals surface area contributed by atoms with E-state index in [1.807, 2.05) is 24.3 Å². The van der Waals surface area contributed by atoms with Crippen LogP contribution in [-0.4, -0.2) is 66.2 Å². The van der Waals surface area contributed by atoms with Crippen LogP contribution in [-0.2, 0) is 14.8 Å². The second-order valence-corrected chi connectivity index (χ2v) is 10.5. The number of carbonyl (C=O) groups is 1. The van der Waals surface area contributed by atoms with Crippen molar-refractivity contribution in [2.45, 2.75) is 4.90 Å². The Morgan fingerprint density at radius 1 is 0.889 bits per heavy atom. The van der Waals surface area contributed by atoms with E-state index in [4.69, 9.17) is 21.1 Å². The predicted molar refractivity (Wildman–Crippen MR) is 141 cm³/mol. The van der Waals surface area contributed by atoms with Gasteiger partial charge in [0.15, 0.2) is 11.5 Å². The van der Waals surface area contributed by atoms with Crippen molar-refractivity contribution in [3.8, 4) is 11.5 Å². The lowest BCUT2D eigenvalue weighted by molar-refractivity contribution is -0.129. The SMILES string of the molecule is COc1ccc(N(CC(=O)N2CCN(c3cccc(Cl)c3)CC2)S(=O)(=O)c2ccccc2)cc1OC. The zero-order valence-corrected chi connectivity index (χ0v) is 21.7. The van der Waals surface area contributed by atoms with Crippen LogP contribution in [0.2, 0.25) is 5.02 Å². The zero-order chi connectivity index (χ0) is 25.7. The van der Waals surface area contributed by atoms with Gasteiger partial charge in [0.25, 0.3) is 10.0 Å². The molecular formula is C26H28ClN3O5S. The molecule has 1 heterocycles. The van der Waals surface area contributed by atoms with Gasteiger partial charge in [0.1, 0.15) is 6.54 Å². The molecule has 4 rings (SSSR count). The Morgan fingerprint density at radius 3 is 2.22 bits per heavy atom. The van der Waals surface area contributed by atoms with Gasteiger partial charge in [0.2, 0.25) is 5.91 Å². The highest BCUT2D eigenvalue weighted by Crippen LogP contribution is 2.34. The van der Waals surface area contributed by atoms with Crippen molar-refractivity contribution in [1.82, 2.24) is 4.90 Å². The molecule has 3 aromatic rings. The molecule has 0 bridgehead atoms. The van der Waals surface area contributed by atoms with E-state index in [9.17, 15) is 13.2 Å². The molecule has 0 radical (unpaired) electrons. The number of sulfonamides is 1. The number of hydrogen-bond acceptors (Lipinski definition) is 6. The third-order valence-electron chi connectivity index (χ3n) is 6.07. The summed E-state index contributed by atoms with van der Waals surface area (Å²) in [4.78, 5) is 17.3. The number of halogens is 1. The lowest BCUT2D eigenvalue weighted by Gasteiger charge is -2.37. The van der Waals surface area contributed by atoms with Gasteiger partial charge >= 0.3 is 0 Å². The van der Waals surface area contributed by atoms with Gasteiger partial charge in [-0.25, -0.2) is 8.42 Å². The number of piperazine rings is 1. The van der Waals surface area contributed by atoms with E-state index in [0.717, 1.165) is 9.99 Å². The van der Waals surface area contributed by atoms with Crippen LogP contribution < -0.4 is 18.7 Å². The third kappa shape index (κ3) is 5.52. The Hall–Kier alpha value is -3.43. The Labute approximate surface area is 216 Å². The fraction of sp³-hybridized carbons (Fsp3) is 0.269. The van der Waals surface area contributed by atoms with E-state index >= 15 is 0 Å². The third-order valence-corrected chi connectivity index (χ3v) is 8.09. The maximum Gasteiger partial charge on any atom is 0.264 e. The number of benzene rings is 3. The standard InChI is InChI=1S/C26H28ClN3O5S/c1-34-24-12-11-22(18-25(24)35-2)30(36(32,33)23-9-4-3-5-10-23)19-26(31)29-15-13-28(14-16-29)21-8-6-7-20(27)17-21/h3-12,17-18H,13-16,19H2,1-2H3. The summed E-state index contributed by atoms with van der Waals surface area (Å²) in [6.07, 6.45) is 0. The first-order chi connectivity index (χ1) is 17.3. The van der Waals surface area contributed by atoms with Crippen LogP contribution in [0.25, 0.3) is 0 Å². The van der Waals surface area contributed by atoms with Crippen molar-refractivity contribution in [2.75, 3.05) is 56.1 Å². The monoisotopic (exact) mass is 529 g/mol. The molecule has 3 aromatic carbocycles. The molecule has 0 aromatic heterocycles. The quantitative estimate of drug-likeness (QED) is 0.440. The minimum absolute atomic E-state index is 0.0957. The van der Waals surface area contributed by atoms with Gasteiger partial charge in [0.05, 0.1) is 24.8 Å². The maximum absolute atomic E-state index is 13.6. The van der Waals surface area contributed by atoms with Gasteiger partial charge < -0.3 is 19.3 Å². The van der Waals surface area contributed by atoms with E-state index in [1.165, 1.54) is 26.4 Å². The summed E-state index contributed by atoms with van der Waals surface area (Å²) in [6.45, 7) is 1.83. The Bertz CT molecular complexity index is 1310. The van der Waals surface area contributed by atoms with E-state index in [0.29, 0.717) is 48.4 Å². The number of amides is 1. The number of ether oxygens (including phenoxy) is 2. The van der Waals surface area contributed by atoms with Crippen molar-refractivity contribution < 1.29 is 22.7 Å². The highest BCUT2D eigenvalue weighted by molar-refractivity contribution is 7.92. The second-order valence-electron chi connectivity index (χ2n) is 8.21. The molecule has 0 unspecified atom stereocenters. The Kier molecular flexibility index (Phi) is 7.91. The highest BCUT2D eigenvalue weighted by atomic mass is 35.5. The topological polar surface area (TPSA) is 79.4 Å². The first-order valence-electron chi connectivity index (χ1n) is 11.4. The van der Waals surface area contributed by atoms with Crippen molar-refractivity contribution in [2.24, 2.45) is 0 Å². The minimum Gasteiger partial charge on any atom is -0.493 e. The number of methoxy groups -OCH3 is 2. The molecular weight excluding hydrogens is 502 g/mol. The second kappa shape index (κ2) is 11.1. The summed E-state index contributed by atoms with van der Waals surface area (Å²) in [7, 11) is -1.05. The zero-order valence-electron chi connectivity index (χ0n) is 20.1. The molecule has 0 aliphatic carbocycles. The average Bonchev–Trinajstić information content (AvgIpc) is 2.91. The molecule has 1 aliphatic rings. The van der Waals surface area contributed by atoms with Crippen molar-refractivity contribution in [3.05, 3.63) is 77.8 Å². The molecule has 1 amide bonds. The van der Waals surface area contributed by atoms with Gasteiger partial charge in [-0.3, -0.25) is 9.10 Å². The van der Waals surface area contributed by atoms with Crippen LogP contribution in [0.4, 0.5) is 11.4 Å². The maximum atomic E-state index is 13.6. The lowest BCUT2D eigenvalue weighted by atomic mass is 10.2. The van der Waals surface area contributed by atoms with E-state index in [2.05, 4.69) is 4.90 Å². The van der Waals surface area contributed by atoms with Crippen LogP contribution in [0, 0.1) is 0 Å². The molecule has 0 saturated carbocycles. The van der Waals surface area contributed by atoms with Gasteiger partial charge in [-0.1, -0.05) is 35.9 Å². The Morgan fingerprint density at radius 2 is 1.58 bits per heavy atom. The molecule has 1 fully saturated rings. The summed E-state index contributed by atoms with van der Waals surface area (Å²) in [5, 5.41) is 0.655. The summed E-state index contributed by atoms with van der Waals surface area (Å²) in [5.74, 6) is 0.544. The van der Waals surface area contributed by atoms with E-state index in [1.54, 1.807) is 41.3 Å². The van der Waals surface area contributed by atoms with Crippen LogP contribution >= 0.6 is 11.6 Å². The molecule has 1 aliphatic heterocycles. The fourth-order valence-electron chi connectivity index (χ4n) is 4.12. The summed E-state index contributed by atoms with van der Waals surface area (Å²) in [5.41, 5.74) is 1.30. The van der Waals surface area contributed by atoms with Gasteiger partial charge in [0, 0.05) is 43.0 Å². The first kappa shape index (κ1) is 25.7. The molecule has 10 heteroatoms. The minimum atomic E-state index is -4.03. The number of rotatable bonds is 8.